The zero-order valence-corrected chi connectivity index (χ0v) is 12.5. The fraction of sp³-hybridized carbons (Fsp3) is 0.615. The molecule has 0 aliphatic carbocycles. The summed E-state index contributed by atoms with van der Waals surface area (Å²) in [6, 6.07) is 0. The van der Waals surface area contributed by atoms with Crippen molar-refractivity contribution in [2.75, 3.05) is 24.1 Å². The standard InChI is InChI=1S/C13H23N5O3/c1-3-5-7-18-11(14)10(12(20)17-13(18)21)16-8-9(19)15-6-4-2/h16H,3-8,14H2,1-2H3,(H,15,19)(H,17,20,21). The summed E-state index contributed by atoms with van der Waals surface area (Å²) in [7, 11) is 0. The Bertz CT molecular complexity index is 590. The van der Waals surface area contributed by atoms with Crippen molar-refractivity contribution in [3.8, 4) is 0 Å². The van der Waals surface area contributed by atoms with Crippen molar-refractivity contribution in [2.45, 2.75) is 39.7 Å². The molecule has 0 aliphatic rings. The van der Waals surface area contributed by atoms with Gasteiger partial charge in [-0.25, -0.2) is 4.79 Å². The molecule has 0 saturated heterocycles. The van der Waals surface area contributed by atoms with E-state index in [4.69, 9.17) is 5.73 Å². The number of unbranched alkanes of at least 4 members (excludes halogenated alkanes) is 1. The summed E-state index contributed by atoms with van der Waals surface area (Å²) in [5.74, 6) is -0.178. The number of amides is 1. The molecule has 118 valence electrons. The van der Waals surface area contributed by atoms with E-state index in [2.05, 4.69) is 15.6 Å². The summed E-state index contributed by atoms with van der Waals surface area (Å²) in [6.07, 6.45) is 2.50. The van der Waals surface area contributed by atoms with Gasteiger partial charge in [-0.1, -0.05) is 20.3 Å². The van der Waals surface area contributed by atoms with Crippen molar-refractivity contribution < 1.29 is 4.79 Å². The van der Waals surface area contributed by atoms with Crippen molar-refractivity contribution in [1.29, 1.82) is 0 Å². The third-order valence-corrected chi connectivity index (χ3v) is 2.97. The molecule has 0 fully saturated rings. The zero-order chi connectivity index (χ0) is 15.8. The number of rotatable bonds is 8. The molecule has 1 aromatic rings. The largest absolute Gasteiger partial charge is 0.383 e. The van der Waals surface area contributed by atoms with Gasteiger partial charge in [0.15, 0.2) is 0 Å². The zero-order valence-electron chi connectivity index (χ0n) is 12.5. The number of nitrogens with one attached hydrogen (secondary N) is 3. The van der Waals surface area contributed by atoms with Gasteiger partial charge in [0.1, 0.15) is 11.5 Å². The van der Waals surface area contributed by atoms with E-state index in [0.717, 1.165) is 19.3 Å². The van der Waals surface area contributed by atoms with Crippen molar-refractivity contribution in [3.05, 3.63) is 20.8 Å². The monoisotopic (exact) mass is 297 g/mol. The Morgan fingerprint density at radius 2 is 2.00 bits per heavy atom. The number of aromatic nitrogens is 2. The number of aromatic amines is 1. The fourth-order valence-corrected chi connectivity index (χ4v) is 1.79. The Balaban J connectivity index is 2.89. The minimum Gasteiger partial charge on any atom is -0.383 e. The number of nitrogen functional groups attached to an aromatic ring is 1. The SMILES string of the molecule is CCCCn1c(N)c(NCC(=O)NCCC)c(=O)[nH]c1=O. The van der Waals surface area contributed by atoms with Crippen LogP contribution in [-0.2, 0) is 11.3 Å². The number of nitrogens with zero attached hydrogens (tertiary/aromatic N) is 1. The van der Waals surface area contributed by atoms with Crippen LogP contribution in [0.1, 0.15) is 33.1 Å². The number of anilines is 2. The Morgan fingerprint density at radius 3 is 2.62 bits per heavy atom. The molecule has 0 unspecified atom stereocenters. The molecule has 0 aromatic carbocycles. The molecule has 0 saturated carbocycles. The third kappa shape index (κ3) is 4.66. The quantitative estimate of drug-likeness (QED) is 0.532. The highest BCUT2D eigenvalue weighted by molar-refractivity contribution is 5.81. The number of H-pyrrole nitrogens is 1. The van der Waals surface area contributed by atoms with E-state index in [1.165, 1.54) is 4.57 Å². The first-order valence-corrected chi connectivity index (χ1v) is 7.14. The Morgan fingerprint density at radius 1 is 1.29 bits per heavy atom. The fourth-order valence-electron chi connectivity index (χ4n) is 1.79. The van der Waals surface area contributed by atoms with E-state index in [9.17, 15) is 14.4 Å². The molecule has 5 N–H and O–H groups in total. The van der Waals surface area contributed by atoms with Crippen LogP contribution in [0.4, 0.5) is 11.5 Å². The van der Waals surface area contributed by atoms with Crippen LogP contribution in [0.2, 0.25) is 0 Å². The van der Waals surface area contributed by atoms with Gasteiger partial charge >= 0.3 is 5.69 Å². The van der Waals surface area contributed by atoms with Crippen molar-refractivity contribution >= 4 is 17.4 Å². The van der Waals surface area contributed by atoms with Gasteiger partial charge in [0.25, 0.3) is 5.56 Å². The Kier molecular flexibility index (Phi) is 6.51. The molecule has 0 atom stereocenters. The molecular formula is C13H23N5O3. The topological polar surface area (TPSA) is 122 Å². The maximum absolute atomic E-state index is 11.8. The molecule has 1 amide bonds. The molecule has 1 rings (SSSR count). The molecule has 0 bridgehead atoms. The second-order valence-electron chi connectivity index (χ2n) is 4.73. The summed E-state index contributed by atoms with van der Waals surface area (Å²) >= 11 is 0. The van der Waals surface area contributed by atoms with Gasteiger partial charge in [-0.2, -0.15) is 0 Å². The van der Waals surface area contributed by atoms with Gasteiger partial charge in [-0.05, 0) is 12.8 Å². The predicted octanol–water partition coefficient (Wildman–Crippen LogP) is -0.143. The summed E-state index contributed by atoms with van der Waals surface area (Å²) in [5.41, 5.74) is 4.76. The minimum absolute atomic E-state index is 0.0531. The van der Waals surface area contributed by atoms with Gasteiger partial charge < -0.3 is 16.4 Å². The Hall–Kier alpha value is -2.25. The average Bonchev–Trinajstić information content (AvgIpc) is 2.44. The number of nitrogens with two attached hydrogens (primary N) is 1. The van der Waals surface area contributed by atoms with Crippen molar-refractivity contribution in [1.82, 2.24) is 14.9 Å². The lowest BCUT2D eigenvalue weighted by Crippen LogP contribution is -2.36. The molecule has 0 radical (unpaired) electrons. The molecule has 8 heteroatoms. The van der Waals surface area contributed by atoms with Crippen LogP contribution in [0.15, 0.2) is 9.59 Å². The lowest BCUT2D eigenvalue weighted by atomic mass is 10.3. The maximum atomic E-state index is 11.8. The van der Waals surface area contributed by atoms with Gasteiger partial charge in [0, 0.05) is 13.1 Å². The van der Waals surface area contributed by atoms with Crippen LogP contribution in [0, 0.1) is 0 Å². The molecule has 0 aliphatic heterocycles. The first kappa shape index (κ1) is 16.8. The molecular weight excluding hydrogens is 274 g/mol. The van der Waals surface area contributed by atoms with Gasteiger partial charge in [-0.3, -0.25) is 19.1 Å². The van der Waals surface area contributed by atoms with Crippen molar-refractivity contribution in [2.24, 2.45) is 0 Å². The van der Waals surface area contributed by atoms with Gasteiger partial charge in [0.05, 0.1) is 6.54 Å². The molecule has 0 spiro atoms. The van der Waals surface area contributed by atoms with E-state index in [1.54, 1.807) is 0 Å². The lowest BCUT2D eigenvalue weighted by Gasteiger charge is -2.13. The van der Waals surface area contributed by atoms with E-state index in [-0.39, 0.29) is 24.0 Å². The van der Waals surface area contributed by atoms with Crippen LogP contribution in [0.5, 0.6) is 0 Å². The van der Waals surface area contributed by atoms with E-state index in [0.29, 0.717) is 13.1 Å². The summed E-state index contributed by atoms with van der Waals surface area (Å²) in [4.78, 5) is 37.2. The van der Waals surface area contributed by atoms with Crippen LogP contribution in [0.3, 0.4) is 0 Å². The van der Waals surface area contributed by atoms with Crippen LogP contribution in [0.25, 0.3) is 0 Å². The molecule has 21 heavy (non-hydrogen) atoms. The highest BCUT2D eigenvalue weighted by atomic mass is 16.2. The van der Waals surface area contributed by atoms with E-state index in [1.807, 2.05) is 13.8 Å². The van der Waals surface area contributed by atoms with Crippen LogP contribution >= 0.6 is 0 Å². The summed E-state index contributed by atoms with van der Waals surface area (Å²) in [6.45, 7) is 4.86. The number of hydrogen-bond donors (Lipinski definition) is 4. The molecule has 1 heterocycles. The Labute approximate surface area is 122 Å². The number of carbonyl (C=O) groups is 1. The average molecular weight is 297 g/mol. The second-order valence-corrected chi connectivity index (χ2v) is 4.73. The van der Waals surface area contributed by atoms with Gasteiger partial charge in [-0.15, -0.1) is 0 Å². The summed E-state index contributed by atoms with van der Waals surface area (Å²) < 4.78 is 1.30. The molecule has 1 aromatic heterocycles. The highest BCUT2D eigenvalue weighted by Gasteiger charge is 2.12. The maximum Gasteiger partial charge on any atom is 0.330 e. The van der Waals surface area contributed by atoms with Crippen LogP contribution in [-0.4, -0.2) is 28.5 Å². The van der Waals surface area contributed by atoms with E-state index < -0.39 is 11.2 Å². The first-order valence-electron chi connectivity index (χ1n) is 7.14. The third-order valence-electron chi connectivity index (χ3n) is 2.97. The van der Waals surface area contributed by atoms with Crippen LogP contribution < -0.4 is 27.6 Å². The van der Waals surface area contributed by atoms with Crippen molar-refractivity contribution in [3.63, 3.8) is 0 Å². The number of hydrogen-bond acceptors (Lipinski definition) is 5. The van der Waals surface area contributed by atoms with E-state index >= 15 is 0 Å². The predicted molar refractivity (Wildman–Crippen MR) is 82.4 cm³/mol. The smallest absolute Gasteiger partial charge is 0.330 e. The lowest BCUT2D eigenvalue weighted by molar-refractivity contribution is -0.119. The highest BCUT2D eigenvalue weighted by Crippen LogP contribution is 2.10. The summed E-state index contributed by atoms with van der Waals surface area (Å²) in [5, 5.41) is 5.37. The minimum atomic E-state index is -0.617. The normalized spacial score (nSPS) is 10.4. The van der Waals surface area contributed by atoms with Gasteiger partial charge in [0.2, 0.25) is 5.91 Å². The number of carbonyl (C=O) groups excluding carboxylic acids is 1. The first-order chi connectivity index (χ1) is 10.0. The second kappa shape index (κ2) is 8.13. The molecule has 8 nitrogen and oxygen atoms in total.